The fourth-order valence-corrected chi connectivity index (χ4v) is 6.56. The number of amides is 3. The molecular weight excluding hydrogens is 528 g/mol. The molecule has 3 aliphatic heterocycles. The molecular formula is C32H36N8O2. The van der Waals surface area contributed by atoms with E-state index in [9.17, 15) is 9.59 Å². The highest BCUT2D eigenvalue weighted by Gasteiger charge is 2.35. The molecule has 0 radical (unpaired) electrons. The number of likely N-dealkylation sites (N-methyl/N-ethyl adjacent to an activating group) is 1. The molecule has 0 saturated carbocycles. The third kappa shape index (κ3) is 4.98. The smallest absolute Gasteiger partial charge is 0.320 e. The lowest BCUT2D eigenvalue weighted by atomic mass is 10.1. The van der Waals surface area contributed by atoms with E-state index in [-0.39, 0.29) is 24.0 Å². The van der Waals surface area contributed by atoms with Crippen molar-refractivity contribution in [3.05, 3.63) is 59.2 Å². The van der Waals surface area contributed by atoms with Crippen LogP contribution in [-0.4, -0.2) is 97.8 Å². The summed E-state index contributed by atoms with van der Waals surface area (Å²) in [6.07, 6.45) is 3.82. The van der Waals surface area contributed by atoms with Gasteiger partial charge in [-0.25, -0.2) is 14.8 Å². The van der Waals surface area contributed by atoms with Crippen LogP contribution in [0.4, 0.5) is 4.79 Å². The van der Waals surface area contributed by atoms with E-state index in [2.05, 4.69) is 33.8 Å². The third-order valence-corrected chi connectivity index (χ3v) is 8.91. The Balaban J connectivity index is 1.08. The quantitative estimate of drug-likeness (QED) is 0.358. The van der Waals surface area contributed by atoms with E-state index in [1.807, 2.05) is 51.1 Å². The van der Waals surface area contributed by atoms with Crippen molar-refractivity contribution in [2.45, 2.75) is 44.7 Å². The second kappa shape index (κ2) is 10.8. The molecule has 2 aromatic heterocycles. The molecule has 4 aromatic rings. The van der Waals surface area contributed by atoms with Gasteiger partial charge in [0.05, 0.1) is 34.2 Å². The number of carbonyl (C=O) groups excluding carboxylic acids is 2. The van der Waals surface area contributed by atoms with Gasteiger partial charge in [-0.05, 0) is 69.1 Å². The number of rotatable bonds is 2. The van der Waals surface area contributed by atoms with E-state index in [1.54, 1.807) is 6.92 Å². The molecule has 42 heavy (non-hydrogen) atoms. The van der Waals surface area contributed by atoms with Crippen molar-refractivity contribution >= 4 is 34.0 Å². The van der Waals surface area contributed by atoms with Gasteiger partial charge < -0.3 is 29.6 Å². The van der Waals surface area contributed by atoms with E-state index >= 15 is 0 Å². The number of urea groups is 1. The number of H-pyrrole nitrogens is 2. The van der Waals surface area contributed by atoms with Crippen LogP contribution < -0.4 is 0 Å². The number of hydrogen-bond acceptors (Lipinski definition) is 5. The molecule has 10 nitrogen and oxygen atoms in total. The average molecular weight is 565 g/mol. The number of piperazine rings is 1. The van der Waals surface area contributed by atoms with E-state index in [4.69, 9.17) is 9.97 Å². The predicted molar refractivity (Wildman–Crippen MR) is 161 cm³/mol. The van der Waals surface area contributed by atoms with Gasteiger partial charge in [-0.3, -0.25) is 4.79 Å². The van der Waals surface area contributed by atoms with E-state index in [0.29, 0.717) is 0 Å². The summed E-state index contributed by atoms with van der Waals surface area (Å²) in [5.41, 5.74) is 5.39. The number of aromatic amines is 2. The molecule has 0 aliphatic carbocycles. The fourth-order valence-electron chi connectivity index (χ4n) is 6.56. The van der Waals surface area contributed by atoms with E-state index in [0.717, 1.165) is 110 Å². The molecule has 3 fully saturated rings. The molecule has 2 aromatic carbocycles. The van der Waals surface area contributed by atoms with Crippen LogP contribution in [0.15, 0.2) is 36.4 Å². The minimum Gasteiger partial charge on any atom is -0.340 e. The van der Waals surface area contributed by atoms with Crippen LogP contribution in [0.25, 0.3) is 22.1 Å². The lowest BCUT2D eigenvalue weighted by Gasteiger charge is -2.36. The fraction of sp³-hybridized carbons (Fsp3) is 0.438. The number of likely N-dealkylation sites (tertiary alicyclic amines) is 2. The van der Waals surface area contributed by atoms with Gasteiger partial charge in [0, 0.05) is 57.3 Å². The molecule has 0 spiro atoms. The molecule has 2 atom stereocenters. The Morgan fingerprint density at radius 1 is 0.762 bits per heavy atom. The molecule has 2 N–H and O–H groups in total. The zero-order valence-electron chi connectivity index (χ0n) is 24.2. The Hall–Kier alpha value is -4.36. The third-order valence-electron chi connectivity index (χ3n) is 8.91. The summed E-state index contributed by atoms with van der Waals surface area (Å²) in [6.45, 7) is 6.54. The Morgan fingerprint density at radius 3 is 1.83 bits per heavy atom. The van der Waals surface area contributed by atoms with Crippen LogP contribution in [0.3, 0.4) is 0 Å². The number of benzene rings is 2. The summed E-state index contributed by atoms with van der Waals surface area (Å²) < 4.78 is 0. The monoisotopic (exact) mass is 564 g/mol. The number of nitrogens with zero attached hydrogens (tertiary/aromatic N) is 6. The van der Waals surface area contributed by atoms with Gasteiger partial charge >= 0.3 is 6.03 Å². The minimum absolute atomic E-state index is 0.0108. The Kier molecular flexibility index (Phi) is 6.82. The molecule has 7 rings (SSSR count). The van der Waals surface area contributed by atoms with Crippen LogP contribution in [0, 0.1) is 11.8 Å². The van der Waals surface area contributed by atoms with Crippen molar-refractivity contribution in [2.75, 3.05) is 46.3 Å². The minimum atomic E-state index is -0.0307. The molecule has 3 saturated heterocycles. The zero-order valence-corrected chi connectivity index (χ0v) is 24.2. The Labute approximate surface area is 245 Å². The summed E-state index contributed by atoms with van der Waals surface area (Å²) >= 11 is 0. The molecule has 216 valence electrons. The number of hydrogen-bond donors (Lipinski definition) is 2. The molecule has 3 amide bonds. The Morgan fingerprint density at radius 2 is 1.29 bits per heavy atom. The van der Waals surface area contributed by atoms with Gasteiger partial charge in [0.15, 0.2) is 0 Å². The first-order chi connectivity index (χ1) is 20.4. The number of carbonyl (C=O) groups is 2. The van der Waals surface area contributed by atoms with Crippen LogP contribution in [-0.2, 0) is 4.79 Å². The largest absolute Gasteiger partial charge is 0.340 e. The van der Waals surface area contributed by atoms with Gasteiger partial charge in [-0.15, -0.1) is 0 Å². The van der Waals surface area contributed by atoms with Crippen molar-refractivity contribution in [1.29, 1.82) is 0 Å². The summed E-state index contributed by atoms with van der Waals surface area (Å²) in [4.78, 5) is 50.0. The van der Waals surface area contributed by atoms with Gasteiger partial charge in [0.2, 0.25) is 5.91 Å². The van der Waals surface area contributed by atoms with Crippen molar-refractivity contribution in [1.82, 2.24) is 39.5 Å². The SMILES string of the molecule is CC(=O)N1CCC[C@H]1c1nc2ccc(C#Cc3ccc4nc([C@@H]5CCCN5C(=O)N5CCN(C)CC5)[nH]c4c3)cc2[nH]1. The first kappa shape index (κ1) is 26.5. The van der Waals surface area contributed by atoms with E-state index in [1.165, 1.54) is 0 Å². The summed E-state index contributed by atoms with van der Waals surface area (Å²) in [6, 6.07) is 12.1. The molecule has 0 unspecified atom stereocenters. The first-order valence-corrected chi connectivity index (χ1v) is 15.0. The average Bonchev–Trinajstić information content (AvgIpc) is 3.80. The van der Waals surface area contributed by atoms with Crippen molar-refractivity contribution < 1.29 is 9.59 Å². The molecule has 10 heteroatoms. The van der Waals surface area contributed by atoms with Gasteiger partial charge in [-0.1, -0.05) is 11.8 Å². The first-order valence-electron chi connectivity index (χ1n) is 15.0. The number of aromatic nitrogens is 4. The van der Waals surface area contributed by atoms with Crippen LogP contribution >= 0.6 is 0 Å². The second-order valence-corrected chi connectivity index (χ2v) is 11.8. The molecule has 3 aliphatic rings. The molecule has 0 bridgehead atoms. The summed E-state index contributed by atoms with van der Waals surface area (Å²) in [5.74, 6) is 8.36. The maximum absolute atomic E-state index is 13.3. The topological polar surface area (TPSA) is 104 Å². The van der Waals surface area contributed by atoms with Crippen LogP contribution in [0.2, 0.25) is 0 Å². The van der Waals surface area contributed by atoms with Crippen LogP contribution in [0.5, 0.6) is 0 Å². The maximum atomic E-state index is 13.3. The Bertz CT molecular complexity index is 1720. The molecule has 5 heterocycles. The number of imidazole rings is 2. The highest BCUT2D eigenvalue weighted by atomic mass is 16.2. The maximum Gasteiger partial charge on any atom is 0.320 e. The highest BCUT2D eigenvalue weighted by molar-refractivity contribution is 5.80. The van der Waals surface area contributed by atoms with Crippen LogP contribution in [0.1, 0.15) is 67.5 Å². The normalized spacial score (nSPS) is 21.3. The predicted octanol–water partition coefficient (Wildman–Crippen LogP) is 4.03. The summed E-state index contributed by atoms with van der Waals surface area (Å²) in [5, 5.41) is 0. The van der Waals surface area contributed by atoms with Gasteiger partial charge in [-0.2, -0.15) is 0 Å². The lowest BCUT2D eigenvalue weighted by molar-refractivity contribution is -0.129. The number of fused-ring (bicyclic) bond motifs is 2. The summed E-state index contributed by atoms with van der Waals surface area (Å²) in [7, 11) is 2.10. The van der Waals surface area contributed by atoms with Crippen molar-refractivity contribution in [2.24, 2.45) is 0 Å². The van der Waals surface area contributed by atoms with Crippen molar-refractivity contribution in [3.63, 3.8) is 0 Å². The lowest BCUT2D eigenvalue weighted by Crippen LogP contribution is -2.51. The highest BCUT2D eigenvalue weighted by Crippen LogP contribution is 2.33. The standard InChI is InChI=1S/C32H36N8O2/c1-21(41)39-13-3-5-28(39)30-33-24-11-9-22(19-26(24)35-30)7-8-23-10-12-25-27(20-23)36-31(34-25)29-6-4-14-40(29)32(42)38-17-15-37(2)16-18-38/h9-12,19-20,28-29H,3-6,13-18H2,1-2H3,(H,33,35)(H,34,36)/t28-,29-/m0/s1. The zero-order chi connectivity index (χ0) is 28.8. The van der Waals surface area contributed by atoms with Gasteiger partial charge in [0.1, 0.15) is 11.6 Å². The van der Waals surface area contributed by atoms with E-state index < -0.39 is 0 Å². The van der Waals surface area contributed by atoms with Crippen molar-refractivity contribution in [3.8, 4) is 11.8 Å². The van der Waals surface area contributed by atoms with Gasteiger partial charge in [0.25, 0.3) is 0 Å². The second-order valence-electron chi connectivity index (χ2n) is 11.8. The number of nitrogens with one attached hydrogen (secondary N) is 2.